The van der Waals surface area contributed by atoms with Crippen LogP contribution in [0.15, 0.2) is 12.7 Å². The molecule has 0 aliphatic carbocycles. The van der Waals surface area contributed by atoms with E-state index in [1.807, 2.05) is 0 Å². The lowest BCUT2D eigenvalue weighted by Crippen LogP contribution is -2.12. The molecule has 0 radical (unpaired) electrons. The van der Waals surface area contributed by atoms with Crippen molar-refractivity contribution in [3.63, 3.8) is 0 Å². The Bertz CT molecular complexity index is 335. The highest BCUT2D eigenvalue weighted by Gasteiger charge is 2.32. The van der Waals surface area contributed by atoms with Crippen LogP contribution >= 0.6 is 7.60 Å². The molecule has 0 bridgehead atoms. The third-order valence-electron chi connectivity index (χ3n) is 1.71. The van der Waals surface area contributed by atoms with E-state index in [1.165, 1.54) is 6.08 Å². The summed E-state index contributed by atoms with van der Waals surface area (Å²) in [5.74, 6) is 4.55. The Labute approximate surface area is 91.4 Å². The zero-order valence-corrected chi connectivity index (χ0v) is 9.87. The van der Waals surface area contributed by atoms with Crippen molar-refractivity contribution in [2.45, 2.75) is 25.6 Å². The van der Waals surface area contributed by atoms with Crippen LogP contribution in [-0.2, 0) is 13.6 Å². The topological polar surface area (TPSA) is 35.5 Å². The van der Waals surface area contributed by atoms with E-state index in [4.69, 9.17) is 21.9 Å². The van der Waals surface area contributed by atoms with Gasteiger partial charge >= 0.3 is 7.60 Å². The molecule has 0 amide bonds. The Balaban J connectivity index is 4.72. The highest BCUT2D eigenvalue weighted by atomic mass is 31.2. The van der Waals surface area contributed by atoms with Gasteiger partial charge in [-0.05, 0) is 13.8 Å². The molecule has 0 heterocycles. The summed E-state index contributed by atoms with van der Waals surface area (Å²) >= 11 is 0. The molecule has 3 atom stereocenters. The van der Waals surface area contributed by atoms with Gasteiger partial charge in [0.05, 0.1) is 5.66 Å². The molecule has 0 rings (SSSR count). The second kappa shape index (κ2) is 6.49. The van der Waals surface area contributed by atoms with Gasteiger partial charge < -0.3 is 0 Å². The SMILES string of the molecule is C#CCOP(=O)(OC(C)C#C)C(C)C=C. The van der Waals surface area contributed by atoms with Gasteiger partial charge in [-0.1, -0.05) is 17.9 Å². The van der Waals surface area contributed by atoms with Crippen LogP contribution in [0.4, 0.5) is 0 Å². The van der Waals surface area contributed by atoms with Gasteiger partial charge in [0.1, 0.15) is 12.7 Å². The lowest BCUT2D eigenvalue weighted by molar-refractivity contribution is 0.197. The van der Waals surface area contributed by atoms with Crippen molar-refractivity contribution in [2.75, 3.05) is 6.61 Å². The van der Waals surface area contributed by atoms with Crippen LogP contribution in [0.3, 0.4) is 0 Å². The zero-order chi connectivity index (χ0) is 11.9. The van der Waals surface area contributed by atoms with Gasteiger partial charge in [0.15, 0.2) is 0 Å². The highest BCUT2D eigenvalue weighted by molar-refractivity contribution is 7.54. The Morgan fingerprint density at radius 1 is 1.53 bits per heavy atom. The molecule has 15 heavy (non-hydrogen) atoms. The van der Waals surface area contributed by atoms with Crippen molar-refractivity contribution in [1.82, 2.24) is 0 Å². The molecule has 3 nitrogen and oxygen atoms in total. The minimum absolute atomic E-state index is 0.0766. The zero-order valence-electron chi connectivity index (χ0n) is 8.97. The van der Waals surface area contributed by atoms with Crippen molar-refractivity contribution in [3.05, 3.63) is 12.7 Å². The van der Waals surface area contributed by atoms with Crippen molar-refractivity contribution < 1.29 is 13.6 Å². The fourth-order valence-electron chi connectivity index (χ4n) is 0.751. The smallest absolute Gasteiger partial charge is 0.295 e. The molecule has 3 unspecified atom stereocenters. The molecule has 0 spiro atoms. The minimum Gasteiger partial charge on any atom is -0.295 e. The Morgan fingerprint density at radius 3 is 2.53 bits per heavy atom. The van der Waals surface area contributed by atoms with E-state index in [1.54, 1.807) is 13.8 Å². The van der Waals surface area contributed by atoms with Crippen LogP contribution in [0.1, 0.15) is 13.8 Å². The summed E-state index contributed by atoms with van der Waals surface area (Å²) < 4.78 is 22.4. The van der Waals surface area contributed by atoms with Crippen LogP contribution in [0.5, 0.6) is 0 Å². The van der Waals surface area contributed by atoms with Crippen LogP contribution in [0, 0.1) is 24.7 Å². The third kappa shape index (κ3) is 4.36. The van der Waals surface area contributed by atoms with Gasteiger partial charge in [-0.2, -0.15) is 0 Å². The van der Waals surface area contributed by atoms with Gasteiger partial charge in [-0.15, -0.1) is 19.4 Å². The maximum atomic E-state index is 12.2. The lowest BCUT2D eigenvalue weighted by Gasteiger charge is -2.22. The average Bonchev–Trinajstić information content (AvgIpc) is 2.24. The normalized spacial score (nSPS) is 17.9. The molecule has 0 aliphatic heterocycles. The number of rotatable bonds is 6. The lowest BCUT2D eigenvalue weighted by atomic mass is 10.4. The number of hydrogen-bond acceptors (Lipinski definition) is 3. The van der Waals surface area contributed by atoms with Crippen molar-refractivity contribution in [2.24, 2.45) is 0 Å². The first-order chi connectivity index (χ1) is 7.00. The molecule has 0 fully saturated rings. The fourth-order valence-corrected chi connectivity index (χ4v) is 2.25. The van der Waals surface area contributed by atoms with Crippen LogP contribution in [0.25, 0.3) is 0 Å². The summed E-state index contributed by atoms with van der Waals surface area (Å²) in [6.07, 6.45) is 11.1. The first-order valence-corrected chi connectivity index (χ1v) is 6.06. The Hall–Kier alpha value is -0.990. The molecule has 82 valence electrons. The first-order valence-electron chi connectivity index (χ1n) is 4.45. The van der Waals surface area contributed by atoms with Gasteiger partial charge in [0.25, 0.3) is 0 Å². The number of terminal acetylenes is 2. The second-order valence-electron chi connectivity index (χ2n) is 2.91. The van der Waals surface area contributed by atoms with Crippen molar-refractivity contribution >= 4 is 7.60 Å². The Morgan fingerprint density at radius 2 is 2.13 bits per heavy atom. The predicted octanol–water partition coefficient (Wildman–Crippen LogP) is 2.44. The summed E-state index contributed by atoms with van der Waals surface area (Å²) in [5, 5.41) is 0. The molecule has 0 saturated heterocycles. The fraction of sp³-hybridized carbons (Fsp3) is 0.455. The summed E-state index contributed by atoms with van der Waals surface area (Å²) in [6, 6.07) is 0. The van der Waals surface area contributed by atoms with E-state index in [0.29, 0.717) is 0 Å². The quantitative estimate of drug-likeness (QED) is 0.396. The molecular formula is C11H15O3P. The van der Waals surface area contributed by atoms with E-state index in [9.17, 15) is 4.57 Å². The molecule has 0 aromatic heterocycles. The van der Waals surface area contributed by atoms with Crippen molar-refractivity contribution in [3.8, 4) is 24.7 Å². The van der Waals surface area contributed by atoms with Crippen LogP contribution in [0.2, 0.25) is 0 Å². The molecule has 4 heteroatoms. The van der Waals surface area contributed by atoms with Crippen LogP contribution in [-0.4, -0.2) is 18.4 Å². The maximum Gasteiger partial charge on any atom is 0.339 e. The molecular weight excluding hydrogens is 211 g/mol. The van der Waals surface area contributed by atoms with E-state index >= 15 is 0 Å². The molecule has 0 aromatic rings. The standard InChI is InChI=1S/C11H15O3P/c1-6-9-13-15(12,11(5)8-3)14-10(4)7-2/h1-2,8,10-11H,3,9H2,4-5H3. The van der Waals surface area contributed by atoms with E-state index in [2.05, 4.69) is 18.4 Å². The average molecular weight is 226 g/mol. The van der Waals surface area contributed by atoms with Gasteiger partial charge in [-0.3, -0.25) is 13.6 Å². The minimum atomic E-state index is -3.30. The summed E-state index contributed by atoms with van der Waals surface area (Å²) in [5.41, 5.74) is -0.443. The maximum absolute atomic E-state index is 12.2. The van der Waals surface area contributed by atoms with Gasteiger partial charge in [0.2, 0.25) is 0 Å². The number of allylic oxidation sites excluding steroid dienone is 1. The largest absolute Gasteiger partial charge is 0.339 e. The molecule has 0 saturated carbocycles. The summed E-state index contributed by atoms with van der Waals surface area (Å²) in [6.45, 7) is 6.74. The second-order valence-corrected chi connectivity index (χ2v) is 5.27. The summed E-state index contributed by atoms with van der Waals surface area (Å²) in [7, 11) is -3.30. The van der Waals surface area contributed by atoms with Crippen molar-refractivity contribution in [1.29, 1.82) is 0 Å². The summed E-state index contributed by atoms with van der Waals surface area (Å²) in [4.78, 5) is 0. The highest BCUT2D eigenvalue weighted by Crippen LogP contribution is 2.54. The van der Waals surface area contributed by atoms with E-state index in [-0.39, 0.29) is 6.61 Å². The predicted molar refractivity (Wildman–Crippen MR) is 61.4 cm³/mol. The van der Waals surface area contributed by atoms with E-state index in [0.717, 1.165) is 0 Å². The molecule has 0 aliphatic rings. The monoisotopic (exact) mass is 226 g/mol. The molecule has 0 N–H and O–H groups in total. The molecule has 0 aromatic carbocycles. The first kappa shape index (κ1) is 14.0. The van der Waals surface area contributed by atoms with Crippen LogP contribution < -0.4 is 0 Å². The third-order valence-corrected chi connectivity index (χ3v) is 4.01. The number of hydrogen-bond donors (Lipinski definition) is 0. The van der Waals surface area contributed by atoms with Gasteiger partial charge in [0, 0.05) is 0 Å². The van der Waals surface area contributed by atoms with Gasteiger partial charge in [-0.25, -0.2) is 0 Å². The Kier molecular flexibility index (Phi) is 6.06. The van der Waals surface area contributed by atoms with E-state index < -0.39 is 19.4 Å².